The van der Waals surface area contributed by atoms with Crippen LogP contribution in [0.1, 0.15) is 32.3 Å². The second kappa shape index (κ2) is 5.58. The summed E-state index contributed by atoms with van der Waals surface area (Å²) < 4.78 is 5.21. The predicted octanol–water partition coefficient (Wildman–Crippen LogP) is 2.17. The molecule has 0 radical (unpaired) electrons. The molecule has 1 heterocycles. The molecule has 1 aliphatic carbocycles. The Labute approximate surface area is 132 Å². The summed E-state index contributed by atoms with van der Waals surface area (Å²) in [6, 6.07) is 8.04. The highest BCUT2D eigenvalue weighted by atomic mass is 16.5. The Balaban J connectivity index is 1.77. The molecule has 2 aliphatic rings. The van der Waals surface area contributed by atoms with Gasteiger partial charge in [0.2, 0.25) is 5.91 Å². The molecule has 22 heavy (non-hydrogen) atoms. The van der Waals surface area contributed by atoms with Crippen LogP contribution < -0.4 is 10.5 Å². The van der Waals surface area contributed by atoms with Crippen LogP contribution in [0.2, 0.25) is 0 Å². The topological polar surface area (TPSA) is 55.6 Å². The van der Waals surface area contributed by atoms with E-state index in [-0.39, 0.29) is 17.4 Å². The van der Waals surface area contributed by atoms with Crippen LogP contribution in [0, 0.1) is 11.8 Å². The molecule has 1 saturated heterocycles. The molecule has 0 spiro atoms. The zero-order chi connectivity index (χ0) is 15.9. The number of carbonyl (C=O) groups is 1. The van der Waals surface area contributed by atoms with Crippen molar-refractivity contribution in [2.24, 2.45) is 17.6 Å². The number of hydrogen-bond acceptors (Lipinski definition) is 3. The van der Waals surface area contributed by atoms with Crippen LogP contribution in [0.15, 0.2) is 24.3 Å². The monoisotopic (exact) mass is 302 g/mol. The van der Waals surface area contributed by atoms with Crippen molar-refractivity contribution in [1.29, 1.82) is 0 Å². The number of amides is 1. The number of likely N-dealkylation sites (tertiary alicyclic amines) is 1. The molecule has 2 fully saturated rings. The summed E-state index contributed by atoms with van der Waals surface area (Å²) in [6.07, 6.45) is 1.88. The van der Waals surface area contributed by atoms with Crippen molar-refractivity contribution in [3.63, 3.8) is 0 Å². The zero-order valence-electron chi connectivity index (χ0n) is 13.7. The lowest BCUT2D eigenvalue weighted by Crippen LogP contribution is -2.39. The summed E-state index contributed by atoms with van der Waals surface area (Å²) in [6.45, 7) is 5.87. The minimum absolute atomic E-state index is 0.107. The van der Waals surface area contributed by atoms with Gasteiger partial charge in [0.05, 0.1) is 12.5 Å². The van der Waals surface area contributed by atoms with Gasteiger partial charge in [-0.15, -0.1) is 0 Å². The van der Waals surface area contributed by atoms with Crippen molar-refractivity contribution in [2.75, 3.05) is 20.2 Å². The molecule has 2 N–H and O–H groups in total. The molecule has 3 rings (SSSR count). The second-order valence-electron chi connectivity index (χ2n) is 7.09. The fourth-order valence-electron chi connectivity index (χ4n) is 3.69. The molecule has 1 saturated carbocycles. The number of nitrogens with two attached hydrogens (primary N) is 1. The molecule has 120 valence electrons. The lowest BCUT2D eigenvalue weighted by molar-refractivity contribution is -0.133. The van der Waals surface area contributed by atoms with E-state index in [0.29, 0.717) is 18.4 Å². The minimum Gasteiger partial charge on any atom is -0.497 e. The first-order chi connectivity index (χ1) is 10.5. The first kappa shape index (κ1) is 15.3. The van der Waals surface area contributed by atoms with Gasteiger partial charge in [0.25, 0.3) is 0 Å². The van der Waals surface area contributed by atoms with E-state index < -0.39 is 0 Å². The number of ether oxygens (including phenoxy) is 1. The molecule has 0 aromatic heterocycles. The number of nitrogens with zero attached hydrogens (tertiary/aromatic N) is 1. The summed E-state index contributed by atoms with van der Waals surface area (Å²) >= 11 is 0. The van der Waals surface area contributed by atoms with Gasteiger partial charge in [0.1, 0.15) is 5.75 Å². The largest absolute Gasteiger partial charge is 0.497 e. The van der Waals surface area contributed by atoms with Crippen molar-refractivity contribution in [3.8, 4) is 5.75 Å². The van der Waals surface area contributed by atoms with Gasteiger partial charge < -0.3 is 15.4 Å². The summed E-state index contributed by atoms with van der Waals surface area (Å²) in [5, 5.41) is 0. The van der Waals surface area contributed by atoms with Gasteiger partial charge in [-0.05, 0) is 42.4 Å². The van der Waals surface area contributed by atoms with E-state index in [1.807, 2.05) is 29.2 Å². The first-order valence-corrected chi connectivity index (χ1v) is 8.17. The van der Waals surface area contributed by atoms with Gasteiger partial charge in [-0.3, -0.25) is 4.79 Å². The number of benzene rings is 1. The third-order valence-corrected chi connectivity index (χ3v) is 5.36. The number of hydrogen-bond donors (Lipinski definition) is 1. The Kier molecular flexibility index (Phi) is 3.89. The SMILES string of the molecule is COc1ccc(C2(C(=O)N3C[C@H](C(C)C)[C@@H](N)C3)CC2)cc1. The molecule has 0 bridgehead atoms. The van der Waals surface area contributed by atoms with Gasteiger partial charge in [0, 0.05) is 19.1 Å². The maximum Gasteiger partial charge on any atom is 0.233 e. The maximum atomic E-state index is 13.0. The highest BCUT2D eigenvalue weighted by Gasteiger charge is 2.54. The molecule has 1 amide bonds. The highest BCUT2D eigenvalue weighted by molar-refractivity contribution is 5.91. The van der Waals surface area contributed by atoms with E-state index in [2.05, 4.69) is 13.8 Å². The summed E-state index contributed by atoms with van der Waals surface area (Å²) in [5.41, 5.74) is 7.04. The van der Waals surface area contributed by atoms with E-state index in [4.69, 9.17) is 10.5 Å². The third-order valence-electron chi connectivity index (χ3n) is 5.36. The van der Waals surface area contributed by atoms with Crippen LogP contribution in [-0.2, 0) is 10.2 Å². The van der Waals surface area contributed by atoms with E-state index in [0.717, 1.165) is 30.7 Å². The van der Waals surface area contributed by atoms with Crippen LogP contribution in [0.25, 0.3) is 0 Å². The molecule has 4 nitrogen and oxygen atoms in total. The number of carbonyl (C=O) groups excluding carboxylic acids is 1. The molecule has 0 unspecified atom stereocenters. The van der Waals surface area contributed by atoms with E-state index >= 15 is 0 Å². The first-order valence-electron chi connectivity index (χ1n) is 8.17. The quantitative estimate of drug-likeness (QED) is 0.927. The number of rotatable bonds is 4. The van der Waals surface area contributed by atoms with E-state index in [1.165, 1.54) is 0 Å². The Morgan fingerprint density at radius 1 is 1.27 bits per heavy atom. The Morgan fingerprint density at radius 2 is 1.91 bits per heavy atom. The maximum absolute atomic E-state index is 13.0. The molecule has 1 aromatic rings. The molecular weight excluding hydrogens is 276 g/mol. The van der Waals surface area contributed by atoms with Gasteiger partial charge in [-0.25, -0.2) is 0 Å². The van der Waals surface area contributed by atoms with Gasteiger partial charge in [-0.2, -0.15) is 0 Å². The Bertz CT molecular complexity index is 549. The summed E-state index contributed by atoms with van der Waals surface area (Å²) in [4.78, 5) is 15.0. The molecular formula is C18H26N2O2. The molecule has 1 aromatic carbocycles. The van der Waals surface area contributed by atoms with E-state index in [9.17, 15) is 4.79 Å². The highest BCUT2D eigenvalue weighted by Crippen LogP contribution is 2.50. The fraction of sp³-hybridized carbons (Fsp3) is 0.611. The smallest absolute Gasteiger partial charge is 0.233 e. The van der Waals surface area contributed by atoms with Crippen LogP contribution in [0.4, 0.5) is 0 Å². The van der Waals surface area contributed by atoms with Gasteiger partial charge in [0.15, 0.2) is 0 Å². The average molecular weight is 302 g/mol. The van der Waals surface area contributed by atoms with Crippen molar-refractivity contribution in [1.82, 2.24) is 4.90 Å². The van der Waals surface area contributed by atoms with Gasteiger partial charge in [-0.1, -0.05) is 26.0 Å². The lowest BCUT2D eigenvalue weighted by atomic mass is 9.92. The second-order valence-corrected chi connectivity index (χ2v) is 7.09. The molecule has 4 heteroatoms. The number of methoxy groups -OCH3 is 1. The third kappa shape index (κ3) is 2.50. The van der Waals surface area contributed by atoms with Crippen LogP contribution in [0.3, 0.4) is 0 Å². The van der Waals surface area contributed by atoms with Crippen molar-refractivity contribution in [2.45, 2.75) is 38.1 Å². The van der Waals surface area contributed by atoms with E-state index in [1.54, 1.807) is 7.11 Å². The standard InChI is InChI=1S/C18H26N2O2/c1-12(2)15-10-20(11-16(15)19)17(21)18(8-9-18)13-4-6-14(22-3)7-5-13/h4-7,12,15-16H,8-11,19H2,1-3H3/t15-,16+/m1/s1. The zero-order valence-corrected chi connectivity index (χ0v) is 13.7. The fourth-order valence-corrected chi connectivity index (χ4v) is 3.69. The van der Waals surface area contributed by atoms with Gasteiger partial charge >= 0.3 is 0 Å². The summed E-state index contributed by atoms with van der Waals surface area (Å²) in [7, 11) is 1.66. The van der Waals surface area contributed by atoms with Crippen LogP contribution >= 0.6 is 0 Å². The van der Waals surface area contributed by atoms with Crippen molar-refractivity contribution < 1.29 is 9.53 Å². The average Bonchev–Trinajstić information content (AvgIpc) is 3.23. The summed E-state index contributed by atoms with van der Waals surface area (Å²) in [5.74, 6) is 2.02. The minimum atomic E-state index is -0.308. The Hall–Kier alpha value is -1.55. The van der Waals surface area contributed by atoms with Crippen molar-refractivity contribution >= 4 is 5.91 Å². The lowest BCUT2D eigenvalue weighted by Gasteiger charge is -2.24. The van der Waals surface area contributed by atoms with Crippen LogP contribution in [0.5, 0.6) is 5.75 Å². The normalized spacial score (nSPS) is 26.3. The Morgan fingerprint density at radius 3 is 2.36 bits per heavy atom. The van der Waals surface area contributed by atoms with Crippen molar-refractivity contribution in [3.05, 3.63) is 29.8 Å². The molecule has 1 aliphatic heterocycles. The van der Waals surface area contributed by atoms with Crippen LogP contribution in [-0.4, -0.2) is 37.0 Å². The predicted molar refractivity (Wildman–Crippen MR) is 86.8 cm³/mol. The molecule has 2 atom stereocenters.